The summed E-state index contributed by atoms with van der Waals surface area (Å²) in [6.45, 7) is 7.50. The molecule has 0 fully saturated rings. The molecule has 0 bridgehead atoms. The highest BCUT2D eigenvalue weighted by molar-refractivity contribution is 7.98. The van der Waals surface area contributed by atoms with Crippen molar-refractivity contribution < 1.29 is 0 Å². The SMILES string of the molecule is CSCCC(C)N(C)c1ccncc1CNC(C)C. The Balaban J connectivity index is 2.74. The van der Waals surface area contributed by atoms with Gasteiger partial charge in [-0.15, -0.1) is 0 Å². The Morgan fingerprint density at radius 3 is 2.74 bits per heavy atom. The molecule has 4 heteroatoms. The number of rotatable bonds is 8. The molecule has 1 atom stereocenters. The van der Waals surface area contributed by atoms with Crippen molar-refractivity contribution in [3.8, 4) is 0 Å². The first-order valence-corrected chi connectivity index (χ1v) is 8.33. The molecule has 0 spiro atoms. The maximum Gasteiger partial charge on any atom is 0.0442 e. The topological polar surface area (TPSA) is 28.2 Å². The fourth-order valence-corrected chi connectivity index (χ4v) is 2.51. The van der Waals surface area contributed by atoms with E-state index in [1.807, 2.05) is 24.2 Å². The molecule has 0 radical (unpaired) electrons. The van der Waals surface area contributed by atoms with Crippen molar-refractivity contribution in [1.29, 1.82) is 0 Å². The van der Waals surface area contributed by atoms with Crippen molar-refractivity contribution >= 4 is 17.4 Å². The summed E-state index contributed by atoms with van der Waals surface area (Å²) in [5.41, 5.74) is 2.56. The van der Waals surface area contributed by atoms with E-state index in [2.05, 4.69) is 55.3 Å². The number of nitrogens with zero attached hydrogens (tertiary/aromatic N) is 2. The molecule has 0 aliphatic heterocycles. The molecule has 0 aliphatic carbocycles. The van der Waals surface area contributed by atoms with E-state index < -0.39 is 0 Å². The second-order valence-electron chi connectivity index (χ2n) is 5.28. The third-order valence-electron chi connectivity index (χ3n) is 3.36. The number of anilines is 1. The van der Waals surface area contributed by atoms with Crippen LogP contribution in [0.4, 0.5) is 5.69 Å². The largest absolute Gasteiger partial charge is 0.372 e. The normalized spacial score (nSPS) is 12.7. The van der Waals surface area contributed by atoms with E-state index in [1.165, 1.54) is 23.4 Å². The molecule has 0 saturated carbocycles. The lowest BCUT2D eigenvalue weighted by molar-refractivity contribution is 0.584. The van der Waals surface area contributed by atoms with Gasteiger partial charge >= 0.3 is 0 Å². The van der Waals surface area contributed by atoms with Crippen molar-refractivity contribution in [1.82, 2.24) is 10.3 Å². The van der Waals surface area contributed by atoms with Crippen molar-refractivity contribution in [3.63, 3.8) is 0 Å². The Morgan fingerprint density at radius 2 is 2.11 bits per heavy atom. The first-order chi connectivity index (χ1) is 9.06. The minimum Gasteiger partial charge on any atom is -0.372 e. The number of nitrogens with one attached hydrogen (secondary N) is 1. The molecule has 1 aromatic heterocycles. The maximum absolute atomic E-state index is 4.26. The minimum absolute atomic E-state index is 0.493. The van der Waals surface area contributed by atoms with Crippen LogP contribution in [0.15, 0.2) is 18.5 Å². The minimum atomic E-state index is 0.493. The Hall–Kier alpha value is -0.740. The van der Waals surface area contributed by atoms with Crippen LogP contribution in [0.1, 0.15) is 32.8 Å². The van der Waals surface area contributed by atoms with Crippen molar-refractivity contribution in [2.24, 2.45) is 0 Å². The van der Waals surface area contributed by atoms with Crippen molar-refractivity contribution in [2.45, 2.75) is 45.8 Å². The number of hydrogen-bond acceptors (Lipinski definition) is 4. The predicted octanol–water partition coefficient (Wildman–Crippen LogP) is 3.16. The summed E-state index contributed by atoms with van der Waals surface area (Å²) in [4.78, 5) is 6.63. The first-order valence-electron chi connectivity index (χ1n) is 6.94. The quantitative estimate of drug-likeness (QED) is 0.792. The molecule has 0 amide bonds. The summed E-state index contributed by atoms with van der Waals surface area (Å²) in [5, 5.41) is 3.47. The molecule has 19 heavy (non-hydrogen) atoms. The Morgan fingerprint density at radius 1 is 1.37 bits per heavy atom. The van der Waals surface area contributed by atoms with Gasteiger partial charge in [0.05, 0.1) is 0 Å². The highest BCUT2D eigenvalue weighted by Gasteiger charge is 2.13. The molecule has 1 heterocycles. The van der Waals surface area contributed by atoms with Crippen molar-refractivity contribution in [2.75, 3.05) is 24.0 Å². The van der Waals surface area contributed by atoms with Crippen LogP contribution in [-0.2, 0) is 6.54 Å². The summed E-state index contributed by atoms with van der Waals surface area (Å²) in [6.07, 6.45) is 7.22. The third kappa shape index (κ3) is 5.41. The second kappa shape index (κ2) is 8.43. The summed E-state index contributed by atoms with van der Waals surface area (Å²) in [7, 11) is 2.18. The molecule has 1 N–H and O–H groups in total. The summed E-state index contributed by atoms with van der Waals surface area (Å²) in [5.74, 6) is 1.20. The Labute approximate surface area is 122 Å². The van der Waals surface area contributed by atoms with Crippen LogP contribution in [-0.4, -0.2) is 36.1 Å². The molecule has 1 rings (SSSR count). The Kier molecular flexibility index (Phi) is 7.24. The van der Waals surface area contributed by atoms with Gasteiger partial charge in [0.25, 0.3) is 0 Å². The lowest BCUT2D eigenvalue weighted by atomic mass is 10.1. The fourth-order valence-electron chi connectivity index (χ4n) is 1.93. The van der Waals surface area contributed by atoms with Crippen LogP contribution in [0.3, 0.4) is 0 Å². The lowest BCUT2D eigenvalue weighted by Crippen LogP contribution is -2.31. The number of pyridine rings is 1. The van der Waals surface area contributed by atoms with Crippen molar-refractivity contribution in [3.05, 3.63) is 24.0 Å². The fraction of sp³-hybridized carbons (Fsp3) is 0.667. The first kappa shape index (κ1) is 16.3. The zero-order valence-electron chi connectivity index (χ0n) is 12.8. The number of aromatic nitrogens is 1. The lowest BCUT2D eigenvalue weighted by Gasteiger charge is -2.29. The standard InChI is InChI=1S/C15H27N3S/c1-12(2)17-11-14-10-16-8-6-15(14)18(4)13(3)7-9-19-5/h6,8,10,12-13,17H,7,9,11H2,1-5H3. The smallest absolute Gasteiger partial charge is 0.0442 e. The van der Waals surface area contributed by atoms with E-state index in [1.54, 1.807) is 0 Å². The molecule has 108 valence electrons. The van der Waals surface area contributed by atoms with Gasteiger partial charge in [0.1, 0.15) is 0 Å². The van der Waals surface area contributed by atoms with Crippen LogP contribution >= 0.6 is 11.8 Å². The molecular weight excluding hydrogens is 254 g/mol. The molecular formula is C15H27N3S. The summed E-state index contributed by atoms with van der Waals surface area (Å²) < 4.78 is 0. The average molecular weight is 281 g/mol. The van der Waals surface area contributed by atoms with E-state index in [0.717, 1.165) is 6.54 Å². The van der Waals surface area contributed by atoms with Crippen LogP contribution < -0.4 is 10.2 Å². The second-order valence-corrected chi connectivity index (χ2v) is 6.27. The van der Waals surface area contributed by atoms with Gasteiger partial charge in [-0.1, -0.05) is 13.8 Å². The molecule has 1 aromatic rings. The van der Waals surface area contributed by atoms with E-state index in [4.69, 9.17) is 0 Å². The van der Waals surface area contributed by atoms with E-state index >= 15 is 0 Å². The zero-order chi connectivity index (χ0) is 14.3. The highest BCUT2D eigenvalue weighted by atomic mass is 32.2. The summed E-state index contributed by atoms with van der Waals surface area (Å²) >= 11 is 1.91. The van der Waals surface area contributed by atoms with E-state index in [0.29, 0.717) is 12.1 Å². The average Bonchev–Trinajstić information content (AvgIpc) is 2.42. The maximum atomic E-state index is 4.26. The van der Waals surface area contributed by atoms with Gasteiger partial charge in [0, 0.05) is 49.3 Å². The highest BCUT2D eigenvalue weighted by Crippen LogP contribution is 2.21. The van der Waals surface area contributed by atoms with Gasteiger partial charge < -0.3 is 10.2 Å². The van der Waals surface area contributed by atoms with E-state index in [-0.39, 0.29) is 0 Å². The van der Waals surface area contributed by atoms with Crippen LogP contribution in [0, 0.1) is 0 Å². The van der Waals surface area contributed by atoms with Gasteiger partial charge in [0.2, 0.25) is 0 Å². The van der Waals surface area contributed by atoms with Gasteiger partial charge in [-0.25, -0.2) is 0 Å². The molecule has 3 nitrogen and oxygen atoms in total. The predicted molar refractivity (Wildman–Crippen MR) is 87.1 cm³/mol. The number of hydrogen-bond donors (Lipinski definition) is 1. The molecule has 0 aliphatic rings. The molecule has 0 aromatic carbocycles. The van der Waals surface area contributed by atoms with E-state index in [9.17, 15) is 0 Å². The molecule has 0 saturated heterocycles. The van der Waals surface area contributed by atoms with Gasteiger partial charge in [-0.05, 0) is 31.4 Å². The molecule has 1 unspecified atom stereocenters. The monoisotopic (exact) mass is 281 g/mol. The van der Waals surface area contributed by atoms with Crippen LogP contribution in [0.5, 0.6) is 0 Å². The zero-order valence-corrected chi connectivity index (χ0v) is 13.6. The van der Waals surface area contributed by atoms with Crippen LogP contribution in [0.25, 0.3) is 0 Å². The third-order valence-corrected chi connectivity index (χ3v) is 4.00. The van der Waals surface area contributed by atoms with Gasteiger partial charge in [-0.3, -0.25) is 4.98 Å². The summed E-state index contributed by atoms with van der Waals surface area (Å²) in [6, 6.07) is 3.16. The number of thioether (sulfide) groups is 1. The van der Waals surface area contributed by atoms with Gasteiger partial charge in [-0.2, -0.15) is 11.8 Å². The van der Waals surface area contributed by atoms with Crippen LogP contribution in [0.2, 0.25) is 0 Å². The van der Waals surface area contributed by atoms with Gasteiger partial charge in [0.15, 0.2) is 0 Å². The Bertz CT molecular complexity index is 368.